The number of ether oxygens (including phenoxy) is 1. The van der Waals surface area contributed by atoms with Gasteiger partial charge in [-0.1, -0.05) is 50.2 Å². The summed E-state index contributed by atoms with van der Waals surface area (Å²) in [4.78, 5) is 28.6. The summed E-state index contributed by atoms with van der Waals surface area (Å²) in [5, 5.41) is 5.04. The number of nitrogens with one attached hydrogen (secondary N) is 1. The van der Waals surface area contributed by atoms with E-state index in [4.69, 9.17) is 9.15 Å². The zero-order valence-electron chi connectivity index (χ0n) is 21.5. The van der Waals surface area contributed by atoms with E-state index in [0.717, 1.165) is 45.3 Å². The molecule has 2 atom stereocenters. The fourth-order valence-corrected chi connectivity index (χ4v) is 5.07. The molecule has 37 heavy (non-hydrogen) atoms. The van der Waals surface area contributed by atoms with E-state index in [9.17, 15) is 9.59 Å². The summed E-state index contributed by atoms with van der Waals surface area (Å²) in [5.74, 6) is 1.15. The van der Waals surface area contributed by atoms with Crippen LogP contribution in [-0.4, -0.2) is 25.0 Å². The second-order valence-corrected chi connectivity index (χ2v) is 9.59. The van der Waals surface area contributed by atoms with E-state index < -0.39 is 6.04 Å². The van der Waals surface area contributed by atoms with Gasteiger partial charge in [-0.05, 0) is 65.9 Å². The number of hydrogen-bond acceptors (Lipinski definition) is 4. The van der Waals surface area contributed by atoms with Crippen LogP contribution < -0.4 is 15.0 Å². The van der Waals surface area contributed by atoms with Crippen molar-refractivity contribution >= 4 is 28.3 Å². The molecule has 5 rings (SSSR count). The summed E-state index contributed by atoms with van der Waals surface area (Å²) >= 11 is 0. The molecule has 2 heterocycles. The first-order chi connectivity index (χ1) is 18.0. The molecule has 190 valence electrons. The van der Waals surface area contributed by atoms with Crippen molar-refractivity contribution in [1.82, 2.24) is 5.32 Å². The Kier molecular flexibility index (Phi) is 6.99. The van der Waals surface area contributed by atoms with Gasteiger partial charge >= 0.3 is 0 Å². The van der Waals surface area contributed by atoms with Crippen LogP contribution in [0.4, 0.5) is 5.69 Å². The highest BCUT2D eigenvalue weighted by molar-refractivity contribution is 6.03. The number of nitrogens with zero attached hydrogens (tertiary/aromatic N) is 1. The number of amides is 2. The van der Waals surface area contributed by atoms with E-state index in [-0.39, 0.29) is 17.7 Å². The number of rotatable bonds is 7. The number of anilines is 1. The number of benzene rings is 3. The standard InChI is InChI=1S/C31H32N2O4/c1-4-20(2)30(34)32-26-16-14-21-9-5-6-12-27(21)33(31(26)35)19-25-22-10-7-11-24(29-13-8-18-37-29)23(22)15-17-28(25)36-3/h5-13,15,17-18,20,26H,4,14,16,19H2,1-3H3,(H,32,34)/t20-,26+/m1/s1. The van der Waals surface area contributed by atoms with Gasteiger partial charge in [0.1, 0.15) is 17.6 Å². The average Bonchev–Trinajstić information content (AvgIpc) is 3.43. The van der Waals surface area contributed by atoms with Gasteiger partial charge in [-0.3, -0.25) is 9.59 Å². The summed E-state index contributed by atoms with van der Waals surface area (Å²) in [6.45, 7) is 4.18. The maximum Gasteiger partial charge on any atom is 0.249 e. The van der Waals surface area contributed by atoms with Gasteiger partial charge in [-0.15, -0.1) is 0 Å². The van der Waals surface area contributed by atoms with Gasteiger partial charge in [0.25, 0.3) is 0 Å². The van der Waals surface area contributed by atoms with E-state index in [0.29, 0.717) is 25.1 Å². The third-order valence-electron chi connectivity index (χ3n) is 7.38. The van der Waals surface area contributed by atoms with Crippen molar-refractivity contribution in [1.29, 1.82) is 0 Å². The Labute approximate surface area is 217 Å². The number of hydrogen-bond donors (Lipinski definition) is 1. The van der Waals surface area contributed by atoms with Gasteiger partial charge in [-0.25, -0.2) is 0 Å². The van der Waals surface area contributed by atoms with Gasteiger partial charge in [0.05, 0.1) is 19.9 Å². The molecule has 3 aromatic carbocycles. The molecular formula is C31H32N2O4. The van der Waals surface area contributed by atoms with Crippen molar-refractivity contribution in [2.24, 2.45) is 5.92 Å². The van der Waals surface area contributed by atoms with Gasteiger partial charge in [0, 0.05) is 22.7 Å². The molecule has 1 aliphatic heterocycles. The summed E-state index contributed by atoms with van der Waals surface area (Å²) in [7, 11) is 1.65. The monoisotopic (exact) mass is 496 g/mol. The third kappa shape index (κ3) is 4.71. The number of aryl methyl sites for hydroxylation is 1. The molecule has 0 saturated heterocycles. The molecule has 0 saturated carbocycles. The first kappa shape index (κ1) is 24.6. The lowest BCUT2D eigenvalue weighted by atomic mass is 9.97. The molecule has 0 radical (unpaired) electrons. The van der Waals surface area contributed by atoms with Crippen LogP contribution in [0.3, 0.4) is 0 Å². The fraction of sp³-hybridized carbons (Fsp3) is 0.290. The molecule has 1 aliphatic rings. The van der Waals surface area contributed by atoms with Crippen molar-refractivity contribution in [3.05, 3.63) is 84.1 Å². The Morgan fingerprint density at radius 1 is 1.08 bits per heavy atom. The molecule has 6 nitrogen and oxygen atoms in total. The van der Waals surface area contributed by atoms with Gasteiger partial charge < -0.3 is 19.4 Å². The minimum Gasteiger partial charge on any atom is -0.496 e. The van der Waals surface area contributed by atoms with Gasteiger partial charge in [0.15, 0.2) is 0 Å². The summed E-state index contributed by atoms with van der Waals surface area (Å²) in [6, 6.07) is 21.3. The number of carbonyl (C=O) groups excluding carboxylic acids is 2. The van der Waals surface area contributed by atoms with E-state index in [1.54, 1.807) is 18.3 Å². The smallest absolute Gasteiger partial charge is 0.249 e. The Balaban J connectivity index is 1.60. The van der Waals surface area contributed by atoms with Crippen LogP contribution in [0.2, 0.25) is 0 Å². The number of fused-ring (bicyclic) bond motifs is 2. The maximum absolute atomic E-state index is 14.0. The van der Waals surface area contributed by atoms with Crippen LogP contribution in [0.5, 0.6) is 5.75 Å². The molecule has 1 aromatic heterocycles. The van der Waals surface area contributed by atoms with E-state index >= 15 is 0 Å². The van der Waals surface area contributed by atoms with Crippen LogP contribution in [0.15, 0.2) is 77.4 Å². The molecule has 6 heteroatoms. The third-order valence-corrected chi connectivity index (χ3v) is 7.38. The van der Waals surface area contributed by atoms with Crippen LogP contribution >= 0.6 is 0 Å². The Morgan fingerprint density at radius 2 is 1.92 bits per heavy atom. The average molecular weight is 497 g/mol. The molecule has 1 N–H and O–H groups in total. The Morgan fingerprint density at radius 3 is 2.68 bits per heavy atom. The molecular weight excluding hydrogens is 464 g/mol. The Bertz CT molecular complexity index is 1430. The molecule has 0 unspecified atom stereocenters. The zero-order chi connectivity index (χ0) is 25.9. The van der Waals surface area contributed by atoms with E-state index in [1.807, 2.05) is 68.4 Å². The second kappa shape index (κ2) is 10.5. The van der Waals surface area contributed by atoms with E-state index in [2.05, 4.69) is 17.4 Å². The Hall–Kier alpha value is -4.06. The summed E-state index contributed by atoms with van der Waals surface area (Å²) < 4.78 is 11.5. The number of para-hydroxylation sites is 1. The lowest BCUT2D eigenvalue weighted by molar-refractivity contribution is -0.129. The van der Waals surface area contributed by atoms with Crippen molar-refractivity contribution in [3.8, 4) is 17.1 Å². The zero-order valence-corrected chi connectivity index (χ0v) is 21.5. The molecule has 0 aliphatic carbocycles. The van der Waals surface area contributed by atoms with Crippen LogP contribution in [0, 0.1) is 5.92 Å². The number of methoxy groups -OCH3 is 1. The van der Waals surface area contributed by atoms with Crippen molar-refractivity contribution < 1.29 is 18.7 Å². The predicted molar refractivity (Wildman–Crippen MR) is 146 cm³/mol. The highest BCUT2D eigenvalue weighted by Crippen LogP contribution is 2.37. The van der Waals surface area contributed by atoms with E-state index in [1.165, 1.54) is 0 Å². The molecule has 4 aromatic rings. The largest absolute Gasteiger partial charge is 0.496 e. The maximum atomic E-state index is 14.0. The lowest BCUT2D eigenvalue weighted by Gasteiger charge is -2.28. The normalized spacial score (nSPS) is 16.2. The summed E-state index contributed by atoms with van der Waals surface area (Å²) in [5.41, 5.74) is 3.85. The first-order valence-corrected chi connectivity index (χ1v) is 12.8. The quantitative estimate of drug-likeness (QED) is 0.335. The molecule has 0 fully saturated rings. The first-order valence-electron chi connectivity index (χ1n) is 12.8. The number of carbonyl (C=O) groups is 2. The van der Waals surface area contributed by atoms with Crippen LogP contribution in [0.25, 0.3) is 22.1 Å². The topological polar surface area (TPSA) is 71.8 Å². The molecule has 0 spiro atoms. The van der Waals surface area contributed by atoms with Crippen molar-refractivity contribution in [3.63, 3.8) is 0 Å². The van der Waals surface area contributed by atoms with Crippen LogP contribution in [0.1, 0.15) is 37.8 Å². The minimum atomic E-state index is -0.589. The lowest BCUT2D eigenvalue weighted by Crippen LogP contribution is -2.49. The SMILES string of the molecule is CC[C@@H](C)C(=O)N[C@H]1CCc2ccccc2N(Cc2c(OC)ccc3c(-c4ccco4)cccc23)C1=O. The van der Waals surface area contributed by atoms with Gasteiger partial charge in [-0.2, -0.15) is 0 Å². The molecule has 0 bridgehead atoms. The number of furan rings is 1. The highest BCUT2D eigenvalue weighted by atomic mass is 16.5. The molecule has 2 amide bonds. The fourth-order valence-electron chi connectivity index (χ4n) is 5.07. The highest BCUT2D eigenvalue weighted by Gasteiger charge is 2.33. The van der Waals surface area contributed by atoms with Gasteiger partial charge in [0.2, 0.25) is 11.8 Å². The predicted octanol–water partition coefficient (Wildman–Crippen LogP) is 6.12. The van der Waals surface area contributed by atoms with Crippen molar-refractivity contribution in [2.45, 2.75) is 45.7 Å². The second-order valence-electron chi connectivity index (χ2n) is 9.59. The van der Waals surface area contributed by atoms with Crippen molar-refractivity contribution in [2.75, 3.05) is 12.0 Å². The minimum absolute atomic E-state index is 0.0856. The summed E-state index contributed by atoms with van der Waals surface area (Å²) in [6.07, 6.45) is 3.66. The van der Waals surface area contributed by atoms with Crippen LogP contribution in [-0.2, 0) is 22.6 Å².